The van der Waals surface area contributed by atoms with E-state index in [4.69, 9.17) is 26.1 Å². The van der Waals surface area contributed by atoms with E-state index in [0.717, 1.165) is 28.0 Å². The highest BCUT2D eigenvalue weighted by atomic mass is 35.5. The van der Waals surface area contributed by atoms with Crippen LogP contribution < -0.4 is 9.47 Å². The number of phenolic OH excluding ortho intramolecular Hbond substituents is 1. The average Bonchev–Trinajstić information content (AvgIpc) is 3.27. The molecular formula is C25H17ClN4O3. The zero-order valence-corrected chi connectivity index (χ0v) is 18.2. The van der Waals surface area contributed by atoms with Crippen molar-refractivity contribution in [2.75, 3.05) is 7.11 Å². The molecule has 162 valence electrons. The van der Waals surface area contributed by atoms with Crippen LogP contribution in [0.15, 0.2) is 73.1 Å². The molecule has 3 aromatic carbocycles. The molecule has 3 heterocycles. The van der Waals surface area contributed by atoms with E-state index in [2.05, 4.69) is 10.1 Å². The minimum absolute atomic E-state index is 0.121. The monoisotopic (exact) mass is 456 g/mol. The van der Waals surface area contributed by atoms with E-state index in [9.17, 15) is 5.11 Å². The standard InChI is InChI=1S/C25H17ClN4O3/c1-32-16-9-6-14(7-10-16)21-18-11-8-15(31)12-20(18)33-25-22(21)24-28-23(29-30(24)13-27-25)17-4-2-3-5-19(17)26/h2-13,21,31H,1H3/t21-/m0/s1. The normalized spacial score (nSPS) is 14.4. The largest absolute Gasteiger partial charge is 0.508 e. The third kappa shape index (κ3) is 3.16. The second-order valence-electron chi connectivity index (χ2n) is 7.68. The van der Waals surface area contributed by atoms with Crippen molar-refractivity contribution < 1.29 is 14.6 Å². The number of fused-ring (bicyclic) bond motifs is 4. The van der Waals surface area contributed by atoms with Gasteiger partial charge in [0.15, 0.2) is 11.5 Å². The summed E-state index contributed by atoms with van der Waals surface area (Å²) in [5.41, 5.74) is 4.04. The van der Waals surface area contributed by atoms with Gasteiger partial charge in [-0.15, -0.1) is 5.10 Å². The second-order valence-corrected chi connectivity index (χ2v) is 8.08. The number of nitrogens with zero attached hydrogens (tertiary/aromatic N) is 4. The Balaban J connectivity index is 1.60. The molecule has 0 spiro atoms. The van der Waals surface area contributed by atoms with Gasteiger partial charge in [-0.05, 0) is 35.9 Å². The van der Waals surface area contributed by atoms with E-state index in [-0.39, 0.29) is 11.7 Å². The topological polar surface area (TPSA) is 81.8 Å². The number of ether oxygens (including phenoxy) is 2. The van der Waals surface area contributed by atoms with Gasteiger partial charge in [0.1, 0.15) is 23.6 Å². The maximum Gasteiger partial charge on any atom is 0.228 e. The number of hydrogen-bond donors (Lipinski definition) is 1. The summed E-state index contributed by atoms with van der Waals surface area (Å²) >= 11 is 6.40. The molecule has 7 nitrogen and oxygen atoms in total. The highest BCUT2D eigenvalue weighted by Crippen LogP contribution is 2.48. The van der Waals surface area contributed by atoms with Gasteiger partial charge in [-0.2, -0.15) is 0 Å². The third-order valence-electron chi connectivity index (χ3n) is 5.75. The van der Waals surface area contributed by atoms with Gasteiger partial charge in [-0.1, -0.05) is 41.9 Å². The van der Waals surface area contributed by atoms with Crippen LogP contribution in [0.2, 0.25) is 5.02 Å². The van der Waals surface area contributed by atoms with Crippen LogP contribution in [0.1, 0.15) is 22.6 Å². The lowest BCUT2D eigenvalue weighted by Crippen LogP contribution is -2.15. The van der Waals surface area contributed by atoms with Gasteiger partial charge in [0.25, 0.3) is 0 Å². The summed E-state index contributed by atoms with van der Waals surface area (Å²) in [5, 5.41) is 15.2. The Labute approximate surface area is 193 Å². The van der Waals surface area contributed by atoms with Crippen molar-refractivity contribution in [1.82, 2.24) is 19.6 Å². The Kier molecular flexibility index (Phi) is 4.45. The van der Waals surface area contributed by atoms with Gasteiger partial charge in [0, 0.05) is 23.1 Å². The number of halogens is 1. The molecule has 0 fully saturated rings. The molecule has 0 bridgehead atoms. The Morgan fingerprint density at radius 2 is 1.88 bits per heavy atom. The highest BCUT2D eigenvalue weighted by Gasteiger charge is 2.33. The molecular weight excluding hydrogens is 440 g/mol. The summed E-state index contributed by atoms with van der Waals surface area (Å²) in [6, 6.07) is 20.4. The van der Waals surface area contributed by atoms with Gasteiger partial charge in [-0.3, -0.25) is 0 Å². The third-order valence-corrected chi connectivity index (χ3v) is 6.08. The number of phenols is 1. The van der Waals surface area contributed by atoms with Crippen LogP contribution >= 0.6 is 11.6 Å². The maximum absolute atomic E-state index is 10.0. The first-order valence-electron chi connectivity index (χ1n) is 10.3. The van der Waals surface area contributed by atoms with Gasteiger partial charge < -0.3 is 14.6 Å². The molecule has 0 aliphatic carbocycles. The van der Waals surface area contributed by atoms with Gasteiger partial charge in [0.2, 0.25) is 5.88 Å². The SMILES string of the molecule is COc1ccc([C@H]2c3ccc(O)cc3Oc3ncn4nc(-c5ccccc5Cl)nc4c32)cc1. The van der Waals surface area contributed by atoms with E-state index in [1.165, 1.54) is 0 Å². The van der Waals surface area contributed by atoms with E-state index in [0.29, 0.717) is 28.1 Å². The van der Waals surface area contributed by atoms with Crippen LogP contribution in [0.5, 0.6) is 23.1 Å². The predicted molar refractivity (Wildman–Crippen MR) is 123 cm³/mol. The molecule has 33 heavy (non-hydrogen) atoms. The fourth-order valence-corrected chi connectivity index (χ4v) is 4.42. The van der Waals surface area contributed by atoms with Crippen LogP contribution in [0.4, 0.5) is 0 Å². The second kappa shape index (κ2) is 7.50. The van der Waals surface area contributed by atoms with E-state index in [1.807, 2.05) is 54.6 Å². The highest BCUT2D eigenvalue weighted by molar-refractivity contribution is 6.33. The van der Waals surface area contributed by atoms with Crippen LogP contribution in [-0.4, -0.2) is 31.8 Å². The summed E-state index contributed by atoms with van der Waals surface area (Å²) in [6.07, 6.45) is 1.57. The fraction of sp³-hybridized carbons (Fsp3) is 0.0800. The lowest BCUT2D eigenvalue weighted by Gasteiger charge is -2.28. The molecule has 6 rings (SSSR count). The maximum atomic E-state index is 10.0. The average molecular weight is 457 g/mol. The van der Waals surface area contributed by atoms with Crippen LogP contribution in [-0.2, 0) is 0 Å². The molecule has 5 aromatic rings. The number of aromatic nitrogens is 4. The van der Waals surface area contributed by atoms with Crippen molar-refractivity contribution >= 4 is 17.2 Å². The molecule has 1 atom stereocenters. The van der Waals surface area contributed by atoms with Crippen molar-refractivity contribution in [1.29, 1.82) is 0 Å². The lowest BCUT2D eigenvalue weighted by atomic mass is 9.84. The van der Waals surface area contributed by atoms with Crippen molar-refractivity contribution in [3.05, 3.63) is 94.8 Å². The van der Waals surface area contributed by atoms with E-state index in [1.54, 1.807) is 30.1 Å². The summed E-state index contributed by atoms with van der Waals surface area (Å²) in [6.45, 7) is 0. The molecule has 0 saturated heterocycles. The van der Waals surface area contributed by atoms with Gasteiger partial charge in [0.05, 0.1) is 17.7 Å². The molecule has 2 aromatic heterocycles. The quantitative estimate of drug-likeness (QED) is 0.381. The minimum atomic E-state index is -0.241. The van der Waals surface area contributed by atoms with E-state index < -0.39 is 0 Å². The number of hydrogen-bond acceptors (Lipinski definition) is 6. The van der Waals surface area contributed by atoms with Crippen molar-refractivity contribution in [2.24, 2.45) is 0 Å². The number of benzene rings is 3. The first kappa shape index (κ1) is 19.6. The summed E-state index contributed by atoms with van der Waals surface area (Å²) in [4.78, 5) is 9.34. The first-order chi connectivity index (χ1) is 16.1. The smallest absolute Gasteiger partial charge is 0.228 e. The lowest BCUT2D eigenvalue weighted by molar-refractivity contribution is 0.414. The Hall–Kier alpha value is -4.10. The number of rotatable bonds is 3. The number of aromatic hydroxyl groups is 1. The summed E-state index contributed by atoms with van der Waals surface area (Å²) < 4.78 is 13.1. The van der Waals surface area contributed by atoms with Crippen LogP contribution in [0, 0.1) is 0 Å². The fourth-order valence-electron chi connectivity index (χ4n) is 4.20. The molecule has 0 radical (unpaired) electrons. The summed E-state index contributed by atoms with van der Waals surface area (Å²) in [5.74, 6) is 2.10. The van der Waals surface area contributed by atoms with Crippen molar-refractivity contribution in [3.8, 4) is 34.5 Å². The zero-order valence-electron chi connectivity index (χ0n) is 17.4. The van der Waals surface area contributed by atoms with Crippen molar-refractivity contribution in [3.63, 3.8) is 0 Å². The molecule has 0 amide bonds. The Morgan fingerprint density at radius 1 is 1.06 bits per heavy atom. The molecule has 1 aliphatic rings. The molecule has 0 saturated carbocycles. The van der Waals surface area contributed by atoms with Crippen LogP contribution in [0.25, 0.3) is 17.0 Å². The molecule has 1 aliphatic heterocycles. The number of methoxy groups -OCH3 is 1. The zero-order chi connectivity index (χ0) is 22.5. The first-order valence-corrected chi connectivity index (χ1v) is 10.6. The van der Waals surface area contributed by atoms with Crippen LogP contribution in [0.3, 0.4) is 0 Å². The van der Waals surface area contributed by atoms with Gasteiger partial charge in [-0.25, -0.2) is 14.5 Å². The summed E-state index contributed by atoms with van der Waals surface area (Å²) in [7, 11) is 1.64. The Morgan fingerprint density at radius 3 is 2.67 bits per heavy atom. The van der Waals surface area contributed by atoms with E-state index >= 15 is 0 Å². The van der Waals surface area contributed by atoms with Crippen molar-refractivity contribution in [2.45, 2.75) is 5.92 Å². The van der Waals surface area contributed by atoms with Gasteiger partial charge >= 0.3 is 0 Å². The molecule has 1 N–H and O–H groups in total. The minimum Gasteiger partial charge on any atom is -0.508 e. The Bertz CT molecular complexity index is 1510. The molecule has 8 heteroatoms. The molecule has 0 unspecified atom stereocenters. The predicted octanol–water partition coefficient (Wildman–Crippen LogP) is 5.44.